The summed E-state index contributed by atoms with van der Waals surface area (Å²) in [5.41, 5.74) is -1.49. The fraction of sp³-hybridized carbons (Fsp3) is 0.235. The number of alkyl halides is 3. The smallest absolute Gasteiger partial charge is 0.417 e. The van der Waals surface area contributed by atoms with Crippen molar-refractivity contribution in [1.29, 1.82) is 0 Å². The molecular weight excluding hydrogens is 389 g/mol. The van der Waals surface area contributed by atoms with Gasteiger partial charge in [-0.2, -0.15) is 13.2 Å². The molecule has 1 aliphatic heterocycles. The summed E-state index contributed by atoms with van der Waals surface area (Å²) in [6.45, 7) is 0. The van der Waals surface area contributed by atoms with Crippen molar-refractivity contribution in [2.75, 3.05) is 7.11 Å². The van der Waals surface area contributed by atoms with E-state index in [0.717, 1.165) is 6.07 Å². The maximum absolute atomic E-state index is 13.1. The maximum atomic E-state index is 13.1. The molecule has 0 fully saturated rings. The van der Waals surface area contributed by atoms with E-state index in [2.05, 4.69) is 15.9 Å². The van der Waals surface area contributed by atoms with Gasteiger partial charge in [-0.1, -0.05) is 30.3 Å². The van der Waals surface area contributed by atoms with E-state index in [1.807, 2.05) is 0 Å². The van der Waals surface area contributed by atoms with Gasteiger partial charge in [0.05, 0.1) is 12.7 Å². The summed E-state index contributed by atoms with van der Waals surface area (Å²) in [4.78, 5) is 12.4. The first-order valence-electron chi connectivity index (χ1n) is 7.01. The lowest BCUT2D eigenvalue weighted by Crippen LogP contribution is -2.41. The Morgan fingerprint density at radius 1 is 1.21 bits per heavy atom. The van der Waals surface area contributed by atoms with E-state index in [4.69, 9.17) is 9.47 Å². The Bertz CT molecular complexity index is 790. The lowest BCUT2D eigenvalue weighted by atomic mass is 9.89. The molecule has 7 heteroatoms. The normalized spacial score (nSPS) is 19.5. The third-order valence-corrected chi connectivity index (χ3v) is 4.88. The molecule has 0 spiro atoms. The Hall–Kier alpha value is -2.02. The van der Waals surface area contributed by atoms with Gasteiger partial charge in [0.15, 0.2) is 0 Å². The summed E-state index contributed by atoms with van der Waals surface area (Å²) >= 11 is 3.01. The predicted molar refractivity (Wildman–Crippen MR) is 83.6 cm³/mol. The van der Waals surface area contributed by atoms with Crippen molar-refractivity contribution < 1.29 is 27.4 Å². The topological polar surface area (TPSA) is 35.5 Å². The predicted octanol–water partition coefficient (Wildman–Crippen LogP) is 4.47. The molecule has 2 aromatic carbocycles. The van der Waals surface area contributed by atoms with Gasteiger partial charge in [0.2, 0.25) is 5.60 Å². The van der Waals surface area contributed by atoms with Gasteiger partial charge in [-0.25, -0.2) is 4.79 Å². The average Bonchev–Trinajstić information content (AvgIpc) is 2.96. The summed E-state index contributed by atoms with van der Waals surface area (Å²) in [5.74, 6) is -0.436. The molecule has 0 aromatic heterocycles. The van der Waals surface area contributed by atoms with Gasteiger partial charge in [0, 0.05) is 22.0 Å². The zero-order valence-corrected chi connectivity index (χ0v) is 14.1. The van der Waals surface area contributed by atoms with Crippen LogP contribution in [0.2, 0.25) is 0 Å². The zero-order chi connectivity index (χ0) is 17.5. The molecule has 0 saturated heterocycles. The summed E-state index contributed by atoms with van der Waals surface area (Å²) in [6.07, 6.45) is -4.55. The Labute approximate surface area is 144 Å². The molecule has 0 amide bonds. The minimum Gasteiger partial charge on any atom is -0.470 e. The summed E-state index contributed by atoms with van der Waals surface area (Å²) in [7, 11) is 1.22. The number of carbonyl (C=O) groups excluding carboxylic acids is 1. The summed E-state index contributed by atoms with van der Waals surface area (Å²) in [6, 6.07) is 10.7. The van der Waals surface area contributed by atoms with E-state index in [0.29, 0.717) is 11.1 Å². The number of carbonyl (C=O) groups is 1. The number of rotatable bonds is 2. The van der Waals surface area contributed by atoms with Gasteiger partial charge >= 0.3 is 12.1 Å². The van der Waals surface area contributed by atoms with Crippen LogP contribution in [0.25, 0.3) is 0 Å². The van der Waals surface area contributed by atoms with Crippen molar-refractivity contribution in [3.63, 3.8) is 0 Å². The van der Waals surface area contributed by atoms with Crippen LogP contribution in [0.15, 0.2) is 46.9 Å². The highest BCUT2D eigenvalue weighted by atomic mass is 79.9. The average molecular weight is 401 g/mol. The second kappa shape index (κ2) is 5.81. The third-order valence-electron chi connectivity index (χ3n) is 3.97. The number of benzene rings is 2. The first kappa shape index (κ1) is 16.8. The van der Waals surface area contributed by atoms with Crippen molar-refractivity contribution >= 4 is 21.9 Å². The van der Waals surface area contributed by atoms with Crippen LogP contribution in [0.1, 0.15) is 16.7 Å². The molecule has 0 unspecified atom stereocenters. The highest BCUT2D eigenvalue weighted by Crippen LogP contribution is 2.48. The summed E-state index contributed by atoms with van der Waals surface area (Å²) < 4.78 is 49.8. The van der Waals surface area contributed by atoms with Crippen LogP contribution in [0.5, 0.6) is 5.75 Å². The van der Waals surface area contributed by atoms with Crippen molar-refractivity contribution in [2.24, 2.45) is 0 Å². The molecule has 24 heavy (non-hydrogen) atoms. The Kier molecular flexibility index (Phi) is 4.07. The van der Waals surface area contributed by atoms with Gasteiger partial charge in [0.1, 0.15) is 5.75 Å². The van der Waals surface area contributed by atoms with Crippen molar-refractivity contribution in [3.8, 4) is 5.75 Å². The Morgan fingerprint density at radius 2 is 1.88 bits per heavy atom. The van der Waals surface area contributed by atoms with Gasteiger partial charge in [-0.15, -0.1) is 0 Å². The highest BCUT2D eigenvalue weighted by Gasteiger charge is 2.50. The van der Waals surface area contributed by atoms with Crippen molar-refractivity contribution in [1.82, 2.24) is 0 Å². The quantitative estimate of drug-likeness (QED) is 0.697. The van der Waals surface area contributed by atoms with E-state index in [-0.39, 0.29) is 16.6 Å². The maximum Gasteiger partial charge on any atom is 0.417 e. The largest absolute Gasteiger partial charge is 0.470 e. The number of methoxy groups -OCH3 is 1. The molecule has 3 nitrogen and oxygen atoms in total. The van der Waals surface area contributed by atoms with Gasteiger partial charge in [0.25, 0.3) is 0 Å². The van der Waals surface area contributed by atoms with Crippen LogP contribution in [0, 0.1) is 0 Å². The molecule has 0 saturated carbocycles. The van der Waals surface area contributed by atoms with Crippen LogP contribution in [0.3, 0.4) is 0 Å². The van der Waals surface area contributed by atoms with Crippen LogP contribution in [-0.2, 0) is 27.7 Å². The third kappa shape index (κ3) is 2.56. The Balaban J connectivity index is 2.14. The zero-order valence-electron chi connectivity index (χ0n) is 12.5. The Morgan fingerprint density at radius 3 is 2.46 bits per heavy atom. The number of hydrogen-bond donors (Lipinski definition) is 0. The molecule has 1 aliphatic rings. The molecule has 0 radical (unpaired) electrons. The molecule has 1 atom stereocenters. The van der Waals surface area contributed by atoms with Crippen molar-refractivity contribution in [3.05, 3.63) is 63.6 Å². The first-order valence-corrected chi connectivity index (χ1v) is 7.80. The number of esters is 1. The molecule has 1 heterocycles. The molecule has 0 aliphatic carbocycles. The van der Waals surface area contributed by atoms with Crippen molar-refractivity contribution in [2.45, 2.75) is 18.2 Å². The summed E-state index contributed by atoms with van der Waals surface area (Å²) in [5, 5.41) is 0. The molecule has 3 rings (SSSR count). The fourth-order valence-electron chi connectivity index (χ4n) is 2.82. The molecular formula is C17H12BrF3O3. The first-order chi connectivity index (χ1) is 11.3. The van der Waals surface area contributed by atoms with Gasteiger partial charge < -0.3 is 9.47 Å². The van der Waals surface area contributed by atoms with E-state index < -0.39 is 23.3 Å². The minimum atomic E-state index is -4.50. The van der Waals surface area contributed by atoms with E-state index in [9.17, 15) is 18.0 Å². The minimum absolute atomic E-state index is 0.0521. The molecule has 0 N–H and O–H groups in total. The number of hydrogen-bond acceptors (Lipinski definition) is 3. The standard InChI is InChI=1S/C17H12BrF3O3/c1-23-15(22)16(10-5-3-2-4-6-10)9-11-13(24-16)8-7-12(14(11)18)17(19,20)21/h2-8H,9H2,1H3/t16-/m1/s1. The number of fused-ring (bicyclic) bond motifs is 1. The van der Waals surface area contributed by atoms with Crippen LogP contribution in [-0.4, -0.2) is 13.1 Å². The van der Waals surface area contributed by atoms with E-state index in [1.54, 1.807) is 30.3 Å². The second-order valence-electron chi connectivity index (χ2n) is 5.37. The SMILES string of the molecule is COC(=O)[C@]1(c2ccccc2)Cc2c(ccc(C(F)(F)F)c2Br)O1. The highest BCUT2D eigenvalue weighted by molar-refractivity contribution is 9.10. The number of halogens is 4. The second-order valence-corrected chi connectivity index (χ2v) is 6.16. The lowest BCUT2D eigenvalue weighted by Gasteiger charge is -2.26. The monoisotopic (exact) mass is 400 g/mol. The van der Waals surface area contributed by atoms with E-state index >= 15 is 0 Å². The molecule has 0 bridgehead atoms. The lowest BCUT2D eigenvalue weighted by molar-refractivity contribution is -0.158. The van der Waals surface area contributed by atoms with E-state index in [1.165, 1.54) is 13.2 Å². The van der Waals surface area contributed by atoms with Crippen LogP contribution < -0.4 is 4.74 Å². The van der Waals surface area contributed by atoms with Gasteiger partial charge in [-0.05, 0) is 28.1 Å². The van der Waals surface area contributed by atoms with Gasteiger partial charge in [-0.3, -0.25) is 0 Å². The fourth-order valence-corrected chi connectivity index (χ4v) is 3.51. The van der Waals surface area contributed by atoms with Crippen LogP contribution >= 0.6 is 15.9 Å². The molecule has 2 aromatic rings. The van der Waals surface area contributed by atoms with Crippen LogP contribution in [0.4, 0.5) is 13.2 Å². The number of ether oxygens (including phenoxy) is 2. The molecule has 126 valence electrons.